The van der Waals surface area contributed by atoms with Gasteiger partial charge in [0.1, 0.15) is 0 Å². The second-order valence-electron chi connectivity index (χ2n) is 5.70. The summed E-state index contributed by atoms with van der Waals surface area (Å²) in [4.78, 5) is 0. The molecule has 4 nitrogen and oxygen atoms in total. The van der Waals surface area contributed by atoms with Crippen LogP contribution in [0.1, 0.15) is 63.0 Å². The molecule has 0 aliphatic carbocycles. The fourth-order valence-corrected chi connectivity index (χ4v) is 3.14. The Morgan fingerprint density at radius 2 is 2.15 bits per heavy atom. The lowest BCUT2D eigenvalue weighted by Gasteiger charge is -2.23. The Morgan fingerprint density at radius 1 is 1.35 bits per heavy atom. The molecule has 2 atom stereocenters. The van der Waals surface area contributed by atoms with Gasteiger partial charge < -0.3 is 10.1 Å². The number of hydrogen-bond acceptors (Lipinski definition) is 3. The quantitative estimate of drug-likeness (QED) is 0.870. The first-order valence-corrected chi connectivity index (χ1v) is 8.08. The normalized spacial score (nSPS) is 21.1. The van der Waals surface area contributed by atoms with Gasteiger partial charge in [-0.2, -0.15) is 5.10 Å². The third-order valence-electron chi connectivity index (χ3n) is 4.36. The Bertz CT molecular complexity index is 422. The number of aryl methyl sites for hydroxylation is 1. The van der Waals surface area contributed by atoms with Gasteiger partial charge in [-0.3, -0.25) is 4.68 Å². The molecular formula is C16H29N3O. The van der Waals surface area contributed by atoms with Gasteiger partial charge in [-0.05, 0) is 46.1 Å². The van der Waals surface area contributed by atoms with Crippen LogP contribution in [0.2, 0.25) is 0 Å². The van der Waals surface area contributed by atoms with Gasteiger partial charge in [0.2, 0.25) is 0 Å². The van der Waals surface area contributed by atoms with Gasteiger partial charge in [0, 0.05) is 23.9 Å². The van der Waals surface area contributed by atoms with E-state index in [1.807, 2.05) is 7.05 Å². The van der Waals surface area contributed by atoms with Crippen molar-refractivity contribution in [1.29, 1.82) is 0 Å². The third-order valence-corrected chi connectivity index (χ3v) is 4.36. The molecule has 1 saturated heterocycles. The first kappa shape index (κ1) is 15.5. The van der Waals surface area contributed by atoms with Gasteiger partial charge >= 0.3 is 0 Å². The van der Waals surface area contributed by atoms with Gasteiger partial charge in [-0.25, -0.2) is 0 Å². The van der Waals surface area contributed by atoms with Crippen molar-refractivity contribution in [3.05, 3.63) is 17.0 Å². The monoisotopic (exact) mass is 279 g/mol. The van der Waals surface area contributed by atoms with E-state index < -0.39 is 0 Å². The van der Waals surface area contributed by atoms with E-state index in [4.69, 9.17) is 9.84 Å². The Morgan fingerprint density at radius 3 is 2.70 bits per heavy atom. The van der Waals surface area contributed by atoms with E-state index in [9.17, 15) is 0 Å². The lowest BCUT2D eigenvalue weighted by molar-refractivity contribution is 0.00347. The Labute approximate surface area is 122 Å². The molecule has 0 radical (unpaired) electrons. The average molecular weight is 279 g/mol. The van der Waals surface area contributed by atoms with Crippen LogP contribution in [0.5, 0.6) is 0 Å². The molecule has 2 unspecified atom stereocenters. The molecule has 1 N–H and O–H groups in total. The highest BCUT2D eigenvalue weighted by Crippen LogP contribution is 2.25. The first-order chi connectivity index (χ1) is 9.71. The summed E-state index contributed by atoms with van der Waals surface area (Å²) < 4.78 is 8.08. The highest BCUT2D eigenvalue weighted by Gasteiger charge is 2.22. The fourth-order valence-electron chi connectivity index (χ4n) is 3.14. The van der Waals surface area contributed by atoms with Crippen LogP contribution >= 0.6 is 0 Å². The van der Waals surface area contributed by atoms with E-state index in [1.54, 1.807) is 0 Å². The maximum Gasteiger partial charge on any atom is 0.0771 e. The van der Waals surface area contributed by atoms with Crippen molar-refractivity contribution in [2.75, 3.05) is 13.7 Å². The van der Waals surface area contributed by atoms with Crippen LogP contribution in [-0.4, -0.2) is 29.5 Å². The maximum atomic E-state index is 5.87. The summed E-state index contributed by atoms with van der Waals surface area (Å²) in [6, 6.07) is 0.362. The molecule has 1 aliphatic rings. The van der Waals surface area contributed by atoms with Crippen molar-refractivity contribution in [2.24, 2.45) is 0 Å². The smallest absolute Gasteiger partial charge is 0.0771 e. The second kappa shape index (κ2) is 7.23. The van der Waals surface area contributed by atoms with Crippen LogP contribution in [0.3, 0.4) is 0 Å². The van der Waals surface area contributed by atoms with Crippen molar-refractivity contribution < 1.29 is 4.74 Å². The molecule has 0 saturated carbocycles. The van der Waals surface area contributed by atoms with Crippen molar-refractivity contribution in [3.8, 4) is 0 Å². The van der Waals surface area contributed by atoms with Gasteiger partial charge in [0.25, 0.3) is 0 Å². The largest absolute Gasteiger partial charge is 0.376 e. The van der Waals surface area contributed by atoms with Crippen LogP contribution in [0.15, 0.2) is 0 Å². The number of hydrogen-bond donors (Lipinski definition) is 1. The zero-order valence-corrected chi connectivity index (χ0v) is 13.4. The number of nitrogens with zero attached hydrogens (tertiary/aromatic N) is 2. The molecule has 1 aromatic heterocycles. The molecule has 114 valence electrons. The second-order valence-corrected chi connectivity index (χ2v) is 5.70. The molecule has 0 amide bonds. The molecule has 4 heteroatoms. The maximum absolute atomic E-state index is 5.87. The summed E-state index contributed by atoms with van der Waals surface area (Å²) in [7, 11) is 2.02. The highest BCUT2D eigenvalue weighted by atomic mass is 16.5. The van der Waals surface area contributed by atoms with Crippen molar-refractivity contribution in [1.82, 2.24) is 15.1 Å². The number of nitrogens with one attached hydrogen (secondary N) is 1. The van der Waals surface area contributed by atoms with Gasteiger partial charge in [0.15, 0.2) is 0 Å². The van der Waals surface area contributed by atoms with Crippen LogP contribution in [0.25, 0.3) is 0 Å². The number of aromatic nitrogens is 2. The van der Waals surface area contributed by atoms with E-state index >= 15 is 0 Å². The minimum Gasteiger partial charge on any atom is -0.376 e. The summed E-state index contributed by atoms with van der Waals surface area (Å²) in [6.07, 6.45) is 6.03. The summed E-state index contributed by atoms with van der Waals surface area (Å²) in [5.41, 5.74) is 4.01. The molecule has 0 bridgehead atoms. The lowest BCUT2D eigenvalue weighted by atomic mass is 10.0. The predicted molar refractivity (Wildman–Crippen MR) is 82.0 cm³/mol. The first-order valence-electron chi connectivity index (χ1n) is 8.08. The fraction of sp³-hybridized carbons (Fsp3) is 0.812. The molecule has 1 aromatic rings. The predicted octanol–water partition coefficient (Wildman–Crippen LogP) is 2.86. The highest BCUT2D eigenvalue weighted by molar-refractivity contribution is 5.30. The minimum atomic E-state index is 0.344. The summed E-state index contributed by atoms with van der Waals surface area (Å²) >= 11 is 0. The van der Waals surface area contributed by atoms with Crippen molar-refractivity contribution in [2.45, 2.75) is 71.6 Å². The standard InChI is InChI=1S/C16H29N3O/c1-5-14-16(12(3)17-4)15(6-2)19(18-14)11-13-9-7-8-10-20-13/h12-13,17H,5-11H2,1-4H3. The SMILES string of the molecule is CCc1nn(CC2CCCCO2)c(CC)c1C(C)NC. The van der Waals surface area contributed by atoms with Gasteiger partial charge in [-0.1, -0.05) is 13.8 Å². The number of ether oxygens (including phenoxy) is 1. The summed E-state index contributed by atoms with van der Waals surface area (Å²) in [6.45, 7) is 8.45. The Kier molecular flexibility index (Phi) is 5.61. The molecule has 2 heterocycles. The lowest BCUT2D eigenvalue weighted by Crippen LogP contribution is -2.26. The van der Waals surface area contributed by atoms with E-state index in [1.165, 1.54) is 36.2 Å². The van der Waals surface area contributed by atoms with Gasteiger partial charge in [-0.15, -0.1) is 0 Å². The topological polar surface area (TPSA) is 39.1 Å². The van der Waals surface area contributed by atoms with E-state index in [0.717, 1.165) is 26.0 Å². The molecule has 2 rings (SSSR count). The molecule has 0 aromatic carbocycles. The van der Waals surface area contributed by atoms with Crippen molar-refractivity contribution >= 4 is 0 Å². The third kappa shape index (κ3) is 3.23. The molecule has 20 heavy (non-hydrogen) atoms. The molecule has 1 aliphatic heterocycles. The molecule has 1 fully saturated rings. The Balaban J connectivity index is 2.25. The van der Waals surface area contributed by atoms with Crippen LogP contribution in [0.4, 0.5) is 0 Å². The number of rotatable bonds is 6. The van der Waals surface area contributed by atoms with Crippen LogP contribution < -0.4 is 5.32 Å². The summed E-state index contributed by atoms with van der Waals surface area (Å²) in [5, 5.41) is 8.22. The van der Waals surface area contributed by atoms with Crippen LogP contribution in [0, 0.1) is 0 Å². The molecular weight excluding hydrogens is 250 g/mol. The van der Waals surface area contributed by atoms with Crippen molar-refractivity contribution in [3.63, 3.8) is 0 Å². The van der Waals surface area contributed by atoms with Crippen LogP contribution in [-0.2, 0) is 24.1 Å². The van der Waals surface area contributed by atoms with E-state index in [2.05, 4.69) is 30.8 Å². The zero-order valence-electron chi connectivity index (χ0n) is 13.4. The Hall–Kier alpha value is -0.870. The van der Waals surface area contributed by atoms with E-state index in [-0.39, 0.29) is 0 Å². The molecule has 0 spiro atoms. The average Bonchev–Trinajstić information content (AvgIpc) is 2.85. The zero-order chi connectivity index (χ0) is 14.5. The van der Waals surface area contributed by atoms with Gasteiger partial charge in [0.05, 0.1) is 18.3 Å². The van der Waals surface area contributed by atoms with E-state index in [0.29, 0.717) is 12.1 Å². The summed E-state index contributed by atoms with van der Waals surface area (Å²) in [5.74, 6) is 0. The minimum absolute atomic E-state index is 0.344.